The van der Waals surface area contributed by atoms with Crippen molar-refractivity contribution in [2.24, 2.45) is 0 Å². The van der Waals surface area contributed by atoms with E-state index in [2.05, 4.69) is 17.2 Å². The lowest BCUT2D eigenvalue weighted by Crippen LogP contribution is -2.50. The van der Waals surface area contributed by atoms with Gasteiger partial charge in [0.1, 0.15) is 0 Å². The summed E-state index contributed by atoms with van der Waals surface area (Å²) in [6.45, 7) is 4.06. The zero-order chi connectivity index (χ0) is 22.5. The molecule has 2 aromatic carbocycles. The van der Waals surface area contributed by atoms with Crippen LogP contribution in [0.25, 0.3) is 10.8 Å². The Morgan fingerprint density at radius 2 is 1.82 bits per heavy atom. The number of nitrogens with one attached hydrogen (secondary N) is 1. The van der Waals surface area contributed by atoms with Crippen molar-refractivity contribution in [2.75, 3.05) is 26.2 Å². The topological polar surface area (TPSA) is 82.6 Å². The Morgan fingerprint density at radius 3 is 2.58 bits per heavy atom. The van der Waals surface area contributed by atoms with Gasteiger partial charge in [0.05, 0.1) is 10.6 Å². The Hall–Kier alpha value is -1.75. The number of rotatable bonds is 3. The van der Waals surface area contributed by atoms with Crippen LogP contribution in [-0.4, -0.2) is 60.7 Å². The number of benzene rings is 2. The van der Waals surface area contributed by atoms with Crippen LogP contribution < -0.4 is 5.32 Å². The molecule has 33 heavy (non-hydrogen) atoms. The fraction of sp³-hybridized carbons (Fsp3) is 0.364. The fourth-order valence-corrected chi connectivity index (χ4v) is 6.82. The number of carbonyl (C=O) groups excluding carboxylic acids is 1. The SMILES string of the molecule is CC1Cc2nc(C(=O)N3CCN(S(=O)(=O)c4ccc5cc(Cl)ccc5c4)CC3)sc2CN1.Cl. The van der Waals surface area contributed by atoms with Gasteiger partial charge in [0.2, 0.25) is 10.0 Å². The zero-order valence-corrected chi connectivity index (χ0v) is 21.2. The molecule has 1 amide bonds. The van der Waals surface area contributed by atoms with Gasteiger partial charge in [0.15, 0.2) is 5.01 Å². The number of thiazole rings is 1. The minimum absolute atomic E-state index is 0. The summed E-state index contributed by atoms with van der Waals surface area (Å²) in [4.78, 5) is 20.6. The first-order valence-electron chi connectivity index (χ1n) is 10.5. The van der Waals surface area contributed by atoms with E-state index in [1.807, 2.05) is 12.1 Å². The van der Waals surface area contributed by atoms with Crippen molar-refractivity contribution in [3.05, 3.63) is 57.0 Å². The third kappa shape index (κ3) is 4.76. The second kappa shape index (κ2) is 9.48. The molecule has 7 nitrogen and oxygen atoms in total. The first kappa shape index (κ1) is 24.4. The molecule has 0 spiro atoms. The van der Waals surface area contributed by atoms with E-state index in [0.717, 1.165) is 34.3 Å². The fourth-order valence-electron chi connectivity index (χ4n) is 4.17. The highest BCUT2D eigenvalue weighted by Crippen LogP contribution is 2.27. The molecule has 2 aliphatic heterocycles. The molecule has 1 N–H and O–H groups in total. The van der Waals surface area contributed by atoms with E-state index in [4.69, 9.17) is 11.6 Å². The summed E-state index contributed by atoms with van der Waals surface area (Å²) in [6.07, 6.45) is 0.823. The highest BCUT2D eigenvalue weighted by molar-refractivity contribution is 7.89. The number of hydrogen-bond acceptors (Lipinski definition) is 6. The van der Waals surface area contributed by atoms with E-state index < -0.39 is 10.0 Å². The summed E-state index contributed by atoms with van der Waals surface area (Å²) < 4.78 is 27.8. The highest BCUT2D eigenvalue weighted by atomic mass is 35.5. The molecule has 0 aliphatic carbocycles. The number of aromatic nitrogens is 1. The molecule has 0 saturated carbocycles. The highest BCUT2D eigenvalue weighted by Gasteiger charge is 2.32. The van der Waals surface area contributed by atoms with Crippen molar-refractivity contribution in [3.8, 4) is 0 Å². The Bertz CT molecular complexity index is 1300. The second-order valence-electron chi connectivity index (χ2n) is 8.22. The van der Waals surface area contributed by atoms with Gasteiger partial charge in [0, 0.05) is 55.1 Å². The van der Waals surface area contributed by atoms with Gasteiger partial charge < -0.3 is 10.2 Å². The minimum atomic E-state index is -3.64. The molecule has 0 radical (unpaired) electrons. The molecule has 3 aromatic rings. The first-order valence-corrected chi connectivity index (χ1v) is 13.2. The number of fused-ring (bicyclic) bond motifs is 2. The Balaban J connectivity index is 0.00000259. The van der Waals surface area contributed by atoms with Gasteiger partial charge in [0.25, 0.3) is 5.91 Å². The molecule has 1 saturated heterocycles. The Kier molecular flexibility index (Phi) is 7.00. The van der Waals surface area contributed by atoms with Crippen molar-refractivity contribution >= 4 is 62.0 Å². The Labute approximate surface area is 208 Å². The van der Waals surface area contributed by atoms with Gasteiger partial charge in [-0.05, 0) is 42.0 Å². The first-order chi connectivity index (χ1) is 15.3. The number of carbonyl (C=O) groups is 1. The standard InChI is InChI=1S/C22H23ClN4O3S2.ClH/c1-14-10-19-20(13-24-14)31-21(25-19)22(28)26-6-8-27(9-7-26)32(29,30)18-5-3-15-11-17(23)4-2-16(15)12-18;/h2-5,11-12,14,24H,6-10,13H2,1H3;1H. The zero-order valence-electron chi connectivity index (χ0n) is 18.0. The van der Waals surface area contributed by atoms with Crippen molar-refractivity contribution in [2.45, 2.75) is 30.8 Å². The summed E-state index contributed by atoms with van der Waals surface area (Å²) in [5, 5.41) is 6.21. The summed E-state index contributed by atoms with van der Waals surface area (Å²) in [7, 11) is -3.64. The van der Waals surface area contributed by atoms with Crippen LogP contribution >= 0.6 is 35.3 Å². The molecule has 1 fully saturated rings. The largest absolute Gasteiger partial charge is 0.334 e. The molecule has 2 aliphatic rings. The molecular formula is C22H24Cl2N4O3S2. The van der Waals surface area contributed by atoms with Gasteiger partial charge in [-0.1, -0.05) is 23.7 Å². The molecule has 11 heteroatoms. The molecule has 0 bridgehead atoms. The maximum atomic E-state index is 13.2. The average molecular weight is 527 g/mol. The molecule has 1 aromatic heterocycles. The predicted molar refractivity (Wildman–Crippen MR) is 133 cm³/mol. The molecule has 176 valence electrons. The van der Waals surface area contributed by atoms with Crippen LogP contribution in [0.3, 0.4) is 0 Å². The maximum Gasteiger partial charge on any atom is 0.282 e. The average Bonchev–Trinajstić information content (AvgIpc) is 3.21. The third-order valence-electron chi connectivity index (χ3n) is 6.01. The number of hydrogen-bond donors (Lipinski definition) is 1. The van der Waals surface area contributed by atoms with Crippen molar-refractivity contribution < 1.29 is 13.2 Å². The minimum Gasteiger partial charge on any atom is -0.334 e. The molecular weight excluding hydrogens is 503 g/mol. The van der Waals surface area contributed by atoms with Gasteiger partial charge in [-0.25, -0.2) is 13.4 Å². The maximum absolute atomic E-state index is 13.2. The van der Waals surface area contributed by atoms with E-state index in [1.165, 1.54) is 15.6 Å². The summed E-state index contributed by atoms with van der Waals surface area (Å²) in [5.74, 6) is -0.114. The van der Waals surface area contributed by atoms with Gasteiger partial charge >= 0.3 is 0 Å². The lowest BCUT2D eigenvalue weighted by atomic mass is 10.1. The van der Waals surface area contributed by atoms with E-state index in [9.17, 15) is 13.2 Å². The second-order valence-corrected chi connectivity index (χ2v) is 11.7. The van der Waals surface area contributed by atoms with E-state index in [1.54, 1.807) is 29.2 Å². The smallest absolute Gasteiger partial charge is 0.282 e. The molecule has 1 atom stereocenters. The van der Waals surface area contributed by atoms with Gasteiger partial charge in [-0.3, -0.25) is 4.79 Å². The van der Waals surface area contributed by atoms with Crippen molar-refractivity contribution in [1.29, 1.82) is 0 Å². The number of halogens is 2. The van der Waals surface area contributed by atoms with Crippen molar-refractivity contribution in [1.82, 2.24) is 19.5 Å². The molecule has 1 unspecified atom stereocenters. The molecule has 5 rings (SSSR count). The van der Waals surface area contributed by atoms with Crippen LogP contribution in [0.4, 0.5) is 0 Å². The number of nitrogens with zero attached hydrogens (tertiary/aromatic N) is 3. The van der Waals surface area contributed by atoms with Crippen LogP contribution in [-0.2, 0) is 23.0 Å². The van der Waals surface area contributed by atoms with E-state index in [-0.39, 0.29) is 36.3 Å². The lowest BCUT2D eigenvalue weighted by molar-refractivity contribution is 0.0697. The summed E-state index contributed by atoms with van der Waals surface area (Å²) in [6, 6.07) is 10.8. The number of amides is 1. The van der Waals surface area contributed by atoms with E-state index >= 15 is 0 Å². The third-order valence-corrected chi connectivity index (χ3v) is 9.22. The normalized spacial score (nSPS) is 19.2. The van der Waals surface area contributed by atoms with Crippen LogP contribution in [0.2, 0.25) is 5.02 Å². The van der Waals surface area contributed by atoms with E-state index in [0.29, 0.717) is 29.2 Å². The van der Waals surface area contributed by atoms with Crippen LogP contribution in [0.1, 0.15) is 27.3 Å². The number of piperazine rings is 1. The monoisotopic (exact) mass is 526 g/mol. The van der Waals surface area contributed by atoms with Gasteiger partial charge in [-0.15, -0.1) is 23.7 Å². The lowest BCUT2D eigenvalue weighted by Gasteiger charge is -2.33. The van der Waals surface area contributed by atoms with Gasteiger partial charge in [-0.2, -0.15) is 4.31 Å². The molecule has 3 heterocycles. The van der Waals surface area contributed by atoms with Crippen LogP contribution in [0, 0.1) is 0 Å². The Morgan fingerprint density at radius 1 is 1.12 bits per heavy atom. The number of sulfonamides is 1. The van der Waals surface area contributed by atoms with Crippen LogP contribution in [0.15, 0.2) is 41.3 Å². The van der Waals surface area contributed by atoms with Crippen LogP contribution in [0.5, 0.6) is 0 Å². The summed E-state index contributed by atoms with van der Waals surface area (Å²) >= 11 is 7.46. The quantitative estimate of drug-likeness (QED) is 0.564. The summed E-state index contributed by atoms with van der Waals surface area (Å²) in [5.41, 5.74) is 1.00. The predicted octanol–water partition coefficient (Wildman–Crippen LogP) is 3.55. The van der Waals surface area contributed by atoms with Crippen molar-refractivity contribution in [3.63, 3.8) is 0 Å².